The van der Waals surface area contributed by atoms with Gasteiger partial charge >= 0.3 is 12.0 Å². The number of primary amides is 1. The Balaban J connectivity index is 2.59. The zero-order valence-corrected chi connectivity index (χ0v) is 11.9. The lowest BCUT2D eigenvalue weighted by Crippen LogP contribution is -2.43. The van der Waals surface area contributed by atoms with Crippen LogP contribution in [0.4, 0.5) is 4.79 Å². The van der Waals surface area contributed by atoms with Gasteiger partial charge in [-0.05, 0) is 25.5 Å². The van der Waals surface area contributed by atoms with Gasteiger partial charge in [0.05, 0.1) is 0 Å². The first-order valence-corrected chi connectivity index (χ1v) is 6.46. The summed E-state index contributed by atoms with van der Waals surface area (Å²) in [5.41, 5.74) is 4.81. The molecule has 0 saturated heterocycles. The van der Waals surface area contributed by atoms with Gasteiger partial charge in [0.1, 0.15) is 5.75 Å². The highest BCUT2D eigenvalue weighted by molar-refractivity contribution is 5.96. The first kappa shape index (κ1) is 16.5. The Morgan fingerprint density at radius 1 is 1.24 bits per heavy atom. The van der Waals surface area contributed by atoms with Crippen molar-refractivity contribution in [1.82, 2.24) is 5.32 Å². The molecule has 2 atom stereocenters. The van der Waals surface area contributed by atoms with Crippen molar-refractivity contribution in [3.63, 3.8) is 0 Å². The van der Waals surface area contributed by atoms with E-state index in [1.54, 1.807) is 31.2 Å². The van der Waals surface area contributed by atoms with Gasteiger partial charge in [-0.15, -0.1) is 0 Å². The maximum absolute atomic E-state index is 11.9. The zero-order valence-electron chi connectivity index (χ0n) is 11.9. The number of para-hydroxylation sites is 1. The van der Waals surface area contributed by atoms with Crippen LogP contribution in [-0.4, -0.2) is 30.1 Å². The third kappa shape index (κ3) is 5.52. The molecule has 0 aromatic heterocycles. The van der Waals surface area contributed by atoms with Crippen LogP contribution < -0.4 is 15.8 Å². The second-order valence-corrected chi connectivity index (χ2v) is 4.26. The fraction of sp³-hybridized carbons (Fsp3) is 0.357. The van der Waals surface area contributed by atoms with Gasteiger partial charge in [0.2, 0.25) is 0 Å². The molecule has 0 saturated carbocycles. The average Bonchev–Trinajstić information content (AvgIpc) is 2.44. The zero-order chi connectivity index (χ0) is 15.8. The molecule has 0 aliphatic rings. The highest BCUT2D eigenvalue weighted by atomic mass is 16.6. The summed E-state index contributed by atoms with van der Waals surface area (Å²) >= 11 is 0. The fourth-order valence-electron chi connectivity index (χ4n) is 1.49. The van der Waals surface area contributed by atoms with Crippen LogP contribution in [0.25, 0.3) is 0 Å². The van der Waals surface area contributed by atoms with Crippen molar-refractivity contribution in [1.29, 1.82) is 0 Å². The van der Waals surface area contributed by atoms with Gasteiger partial charge in [-0.1, -0.05) is 25.1 Å². The number of carbonyl (C=O) groups excluding carboxylic acids is 3. The summed E-state index contributed by atoms with van der Waals surface area (Å²) in [5.74, 6) is -0.950. The van der Waals surface area contributed by atoms with Crippen molar-refractivity contribution in [2.24, 2.45) is 5.73 Å². The Kier molecular flexibility index (Phi) is 6.19. The summed E-state index contributed by atoms with van der Waals surface area (Å²) in [6.45, 7) is 3.09. The van der Waals surface area contributed by atoms with E-state index in [0.29, 0.717) is 12.2 Å². The number of esters is 1. The van der Waals surface area contributed by atoms with Gasteiger partial charge in [0.15, 0.2) is 12.2 Å². The van der Waals surface area contributed by atoms with Gasteiger partial charge in [-0.2, -0.15) is 0 Å². The summed E-state index contributed by atoms with van der Waals surface area (Å²) in [6, 6.07) is 7.78. The van der Waals surface area contributed by atoms with E-state index >= 15 is 0 Å². The number of carbonyl (C=O) groups is 3. The Bertz CT molecular complexity index is 503. The number of amides is 3. The van der Waals surface area contributed by atoms with Crippen LogP contribution in [0.5, 0.6) is 5.75 Å². The number of urea groups is 1. The molecule has 1 aromatic rings. The number of hydrogen-bond donors (Lipinski definition) is 2. The number of rotatable bonds is 6. The van der Waals surface area contributed by atoms with Gasteiger partial charge in [0, 0.05) is 0 Å². The van der Waals surface area contributed by atoms with Crippen molar-refractivity contribution in [3.8, 4) is 5.75 Å². The maximum Gasteiger partial charge on any atom is 0.348 e. The predicted octanol–water partition coefficient (Wildman–Crippen LogP) is 0.971. The van der Waals surface area contributed by atoms with Crippen LogP contribution in [0.2, 0.25) is 0 Å². The van der Waals surface area contributed by atoms with Crippen LogP contribution >= 0.6 is 0 Å². The lowest BCUT2D eigenvalue weighted by molar-refractivity contribution is -0.161. The van der Waals surface area contributed by atoms with E-state index in [4.69, 9.17) is 15.2 Å². The topological polar surface area (TPSA) is 108 Å². The molecule has 1 aromatic carbocycles. The summed E-state index contributed by atoms with van der Waals surface area (Å²) < 4.78 is 10.4. The van der Waals surface area contributed by atoms with E-state index in [1.165, 1.54) is 6.92 Å². The molecular formula is C14H18N2O5. The van der Waals surface area contributed by atoms with Crippen LogP contribution in [0, 0.1) is 0 Å². The van der Waals surface area contributed by atoms with Crippen molar-refractivity contribution < 1.29 is 23.9 Å². The summed E-state index contributed by atoms with van der Waals surface area (Å²) in [4.78, 5) is 33.9. The van der Waals surface area contributed by atoms with Crippen molar-refractivity contribution >= 4 is 17.9 Å². The molecule has 0 aliphatic carbocycles. The predicted molar refractivity (Wildman–Crippen MR) is 74.4 cm³/mol. The molecule has 114 valence electrons. The number of imide groups is 1. The van der Waals surface area contributed by atoms with E-state index < -0.39 is 30.1 Å². The molecule has 3 amide bonds. The average molecular weight is 294 g/mol. The molecule has 0 heterocycles. The Morgan fingerprint density at radius 2 is 1.86 bits per heavy atom. The molecule has 7 heteroatoms. The number of ether oxygens (including phenoxy) is 2. The summed E-state index contributed by atoms with van der Waals surface area (Å²) in [7, 11) is 0. The van der Waals surface area contributed by atoms with Crippen LogP contribution in [0.1, 0.15) is 20.3 Å². The summed E-state index contributed by atoms with van der Waals surface area (Å²) in [6.07, 6.45) is -1.60. The van der Waals surface area contributed by atoms with E-state index in [2.05, 4.69) is 0 Å². The summed E-state index contributed by atoms with van der Waals surface area (Å²) in [5, 5.41) is 1.84. The normalized spacial score (nSPS) is 12.9. The minimum absolute atomic E-state index is 0.373. The molecular weight excluding hydrogens is 276 g/mol. The van der Waals surface area contributed by atoms with Crippen molar-refractivity contribution in [3.05, 3.63) is 30.3 Å². The van der Waals surface area contributed by atoms with Crippen LogP contribution in [0.3, 0.4) is 0 Å². The lowest BCUT2D eigenvalue weighted by atomic mass is 10.2. The monoisotopic (exact) mass is 294 g/mol. The Hall–Kier alpha value is -2.57. The van der Waals surface area contributed by atoms with Crippen LogP contribution in [-0.2, 0) is 14.3 Å². The second-order valence-electron chi connectivity index (χ2n) is 4.26. The third-order valence-corrected chi connectivity index (χ3v) is 2.56. The SMILES string of the molecule is CC[C@H](Oc1ccccc1)C(=O)O[C@@H](C)C(=O)NC(N)=O. The maximum atomic E-state index is 11.9. The molecule has 21 heavy (non-hydrogen) atoms. The molecule has 7 nitrogen and oxygen atoms in total. The highest BCUT2D eigenvalue weighted by Crippen LogP contribution is 2.13. The Morgan fingerprint density at radius 3 is 2.38 bits per heavy atom. The number of nitrogens with two attached hydrogens (primary N) is 1. The molecule has 3 N–H and O–H groups in total. The minimum atomic E-state index is -1.14. The smallest absolute Gasteiger partial charge is 0.348 e. The number of nitrogens with one attached hydrogen (secondary N) is 1. The van der Waals surface area contributed by atoms with E-state index in [0.717, 1.165) is 0 Å². The largest absolute Gasteiger partial charge is 0.479 e. The number of hydrogen-bond acceptors (Lipinski definition) is 5. The van der Waals surface area contributed by atoms with Crippen molar-refractivity contribution in [2.45, 2.75) is 32.5 Å². The fourth-order valence-corrected chi connectivity index (χ4v) is 1.49. The molecule has 0 radical (unpaired) electrons. The molecule has 0 bridgehead atoms. The highest BCUT2D eigenvalue weighted by Gasteiger charge is 2.25. The molecule has 0 fully saturated rings. The van der Waals surface area contributed by atoms with E-state index in [9.17, 15) is 14.4 Å². The quantitative estimate of drug-likeness (QED) is 0.760. The standard InChI is InChI=1S/C14H18N2O5/c1-3-11(21-10-7-5-4-6-8-10)13(18)20-9(2)12(17)16-14(15)19/h4-9,11H,3H2,1-2H3,(H3,15,16,17,19)/t9-,11-/m0/s1. The Labute approximate surface area is 122 Å². The third-order valence-electron chi connectivity index (χ3n) is 2.56. The van der Waals surface area contributed by atoms with E-state index in [-0.39, 0.29) is 0 Å². The second kappa shape index (κ2) is 7.88. The minimum Gasteiger partial charge on any atom is -0.479 e. The van der Waals surface area contributed by atoms with Crippen molar-refractivity contribution in [2.75, 3.05) is 0 Å². The molecule has 0 spiro atoms. The number of benzene rings is 1. The van der Waals surface area contributed by atoms with Gasteiger partial charge < -0.3 is 15.2 Å². The molecule has 0 unspecified atom stereocenters. The van der Waals surface area contributed by atoms with Gasteiger partial charge in [0.25, 0.3) is 5.91 Å². The first-order valence-electron chi connectivity index (χ1n) is 6.46. The van der Waals surface area contributed by atoms with E-state index in [1.807, 2.05) is 11.4 Å². The first-order chi connectivity index (χ1) is 9.93. The molecule has 0 aliphatic heterocycles. The lowest BCUT2D eigenvalue weighted by Gasteiger charge is -2.19. The van der Waals surface area contributed by atoms with Crippen LogP contribution in [0.15, 0.2) is 30.3 Å². The van der Waals surface area contributed by atoms with Gasteiger partial charge in [-0.3, -0.25) is 10.1 Å². The molecule has 1 rings (SSSR count). The van der Waals surface area contributed by atoms with Gasteiger partial charge in [-0.25, -0.2) is 9.59 Å².